The lowest BCUT2D eigenvalue weighted by molar-refractivity contribution is -0.137. The Labute approximate surface area is 104 Å². The number of phenolic OH excluding ortho intramolecular Hbond substituents is 1. The van der Waals surface area contributed by atoms with Gasteiger partial charge in [-0.25, -0.2) is 4.98 Å². The van der Waals surface area contributed by atoms with Crippen LogP contribution in [-0.4, -0.2) is 21.2 Å². The SMILES string of the molecule is O=C(O)CCCc1nc(-c2ccccc2O)co1. The highest BCUT2D eigenvalue weighted by molar-refractivity contribution is 5.66. The van der Waals surface area contributed by atoms with Crippen molar-refractivity contribution >= 4 is 5.97 Å². The number of aromatic nitrogens is 1. The van der Waals surface area contributed by atoms with E-state index in [0.29, 0.717) is 30.0 Å². The molecule has 5 heteroatoms. The maximum absolute atomic E-state index is 10.4. The molecule has 0 amide bonds. The van der Waals surface area contributed by atoms with Crippen molar-refractivity contribution in [2.75, 3.05) is 0 Å². The highest BCUT2D eigenvalue weighted by Gasteiger charge is 2.09. The number of aromatic hydroxyl groups is 1. The van der Waals surface area contributed by atoms with Gasteiger partial charge in [-0.05, 0) is 18.6 Å². The number of aliphatic carboxylic acids is 1. The van der Waals surface area contributed by atoms with E-state index in [9.17, 15) is 9.90 Å². The molecule has 0 radical (unpaired) electrons. The van der Waals surface area contributed by atoms with Gasteiger partial charge in [0.05, 0.1) is 0 Å². The minimum atomic E-state index is -0.831. The maximum atomic E-state index is 10.4. The van der Waals surface area contributed by atoms with Gasteiger partial charge in [0, 0.05) is 18.4 Å². The second-order valence-electron chi connectivity index (χ2n) is 3.89. The molecular weight excluding hydrogens is 234 g/mol. The summed E-state index contributed by atoms with van der Waals surface area (Å²) in [6.45, 7) is 0. The number of carboxylic acid groups (broad SMARTS) is 1. The lowest BCUT2D eigenvalue weighted by Crippen LogP contribution is -1.95. The van der Waals surface area contributed by atoms with Crippen LogP contribution >= 0.6 is 0 Å². The molecule has 1 heterocycles. The van der Waals surface area contributed by atoms with Crippen molar-refractivity contribution in [3.8, 4) is 17.0 Å². The topological polar surface area (TPSA) is 83.6 Å². The Hall–Kier alpha value is -2.30. The minimum absolute atomic E-state index is 0.0916. The van der Waals surface area contributed by atoms with Gasteiger partial charge < -0.3 is 14.6 Å². The molecule has 0 aliphatic heterocycles. The van der Waals surface area contributed by atoms with Crippen LogP contribution in [0.2, 0.25) is 0 Å². The second-order valence-corrected chi connectivity index (χ2v) is 3.89. The average Bonchev–Trinajstić information content (AvgIpc) is 2.78. The van der Waals surface area contributed by atoms with Crippen LogP contribution in [0.15, 0.2) is 34.9 Å². The Morgan fingerprint density at radius 1 is 1.33 bits per heavy atom. The fraction of sp³-hybridized carbons (Fsp3) is 0.231. The van der Waals surface area contributed by atoms with E-state index in [0.717, 1.165) is 0 Å². The highest BCUT2D eigenvalue weighted by atomic mass is 16.4. The molecule has 18 heavy (non-hydrogen) atoms. The summed E-state index contributed by atoms with van der Waals surface area (Å²) in [5, 5.41) is 18.2. The smallest absolute Gasteiger partial charge is 0.303 e. The molecule has 2 aromatic rings. The Bertz CT molecular complexity index is 547. The summed E-state index contributed by atoms with van der Waals surface area (Å²) in [7, 11) is 0. The van der Waals surface area contributed by atoms with Gasteiger partial charge in [-0.3, -0.25) is 4.79 Å². The van der Waals surface area contributed by atoms with E-state index in [1.54, 1.807) is 24.3 Å². The van der Waals surface area contributed by atoms with Crippen LogP contribution in [0.5, 0.6) is 5.75 Å². The highest BCUT2D eigenvalue weighted by Crippen LogP contribution is 2.27. The zero-order valence-corrected chi connectivity index (χ0v) is 9.67. The van der Waals surface area contributed by atoms with Crippen molar-refractivity contribution in [2.24, 2.45) is 0 Å². The number of rotatable bonds is 5. The summed E-state index contributed by atoms with van der Waals surface area (Å²) in [6.07, 6.45) is 2.51. The molecule has 0 bridgehead atoms. The van der Waals surface area contributed by atoms with Crippen molar-refractivity contribution in [3.05, 3.63) is 36.4 Å². The van der Waals surface area contributed by atoms with E-state index < -0.39 is 5.97 Å². The van der Waals surface area contributed by atoms with Crippen molar-refractivity contribution in [2.45, 2.75) is 19.3 Å². The van der Waals surface area contributed by atoms with E-state index in [2.05, 4.69) is 4.98 Å². The van der Waals surface area contributed by atoms with Crippen LogP contribution < -0.4 is 0 Å². The molecule has 2 rings (SSSR count). The molecule has 0 saturated heterocycles. The van der Waals surface area contributed by atoms with Crippen molar-refractivity contribution in [1.82, 2.24) is 4.98 Å². The minimum Gasteiger partial charge on any atom is -0.507 e. The summed E-state index contributed by atoms with van der Waals surface area (Å²) in [5.74, 6) is -0.208. The summed E-state index contributed by atoms with van der Waals surface area (Å²) in [5.41, 5.74) is 1.16. The third kappa shape index (κ3) is 2.88. The van der Waals surface area contributed by atoms with E-state index in [4.69, 9.17) is 9.52 Å². The molecular formula is C13H13NO4. The van der Waals surface area contributed by atoms with Crippen LogP contribution in [0, 0.1) is 0 Å². The van der Waals surface area contributed by atoms with Gasteiger partial charge in [0.25, 0.3) is 0 Å². The summed E-state index contributed by atoms with van der Waals surface area (Å²) >= 11 is 0. The predicted octanol–water partition coefficient (Wildman–Crippen LogP) is 2.45. The van der Waals surface area contributed by atoms with Crippen molar-refractivity contribution in [3.63, 3.8) is 0 Å². The van der Waals surface area contributed by atoms with Crippen LogP contribution in [0.25, 0.3) is 11.3 Å². The Balaban J connectivity index is 2.06. The first-order valence-electron chi connectivity index (χ1n) is 5.61. The van der Waals surface area contributed by atoms with Gasteiger partial charge >= 0.3 is 5.97 Å². The summed E-state index contributed by atoms with van der Waals surface area (Å²) < 4.78 is 5.24. The van der Waals surface area contributed by atoms with Gasteiger partial charge in [0.1, 0.15) is 17.7 Å². The fourth-order valence-electron chi connectivity index (χ4n) is 1.63. The van der Waals surface area contributed by atoms with Gasteiger partial charge in [0.15, 0.2) is 5.89 Å². The fourth-order valence-corrected chi connectivity index (χ4v) is 1.63. The third-order valence-electron chi connectivity index (χ3n) is 2.51. The summed E-state index contributed by atoms with van der Waals surface area (Å²) in [6, 6.07) is 6.85. The number of carboxylic acids is 1. The molecule has 0 fully saturated rings. The standard InChI is InChI=1S/C13H13NO4/c15-11-5-2-1-4-9(11)10-8-18-12(14-10)6-3-7-13(16)17/h1-2,4-5,8,15H,3,6-7H2,(H,16,17). The molecule has 2 N–H and O–H groups in total. The quantitative estimate of drug-likeness (QED) is 0.847. The molecule has 1 aromatic heterocycles. The van der Waals surface area contributed by atoms with Crippen LogP contribution in [-0.2, 0) is 11.2 Å². The molecule has 1 aromatic carbocycles. The lowest BCUT2D eigenvalue weighted by atomic mass is 10.1. The summed E-state index contributed by atoms with van der Waals surface area (Å²) in [4.78, 5) is 14.6. The Kier molecular flexibility index (Phi) is 3.62. The van der Waals surface area contributed by atoms with Crippen LogP contribution in [0.1, 0.15) is 18.7 Å². The second kappa shape index (κ2) is 5.35. The monoisotopic (exact) mass is 247 g/mol. The number of nitrogens with zero attached hydrogens (tertiary/aromatic N) is 1. The third-order valence-corrected chi connectivity index (χ3v) is 2.51. The first-order chi connectivity index (χ1) is 8.66. The van der Waals surface area contributed by atoms with E-state index in [1.807, 2.05) is 0 Å². The molecule has 0 unspecified atom stereocenters. The molecule has 0 aliphatic carbocycles. The van der Waals surface area contributed by atoms with Crippen molar-refractivity contribution < 1.29 is 19.4 Å². The first-order valence-corrected chi connectivity index (χ1v) is 5.61. The number of hydrogen-bond donors (Lipinski definition) is 2. The Morgan fingerprint density at radius 3 is 2.83 bits per heavy atom. The maximum Gasteiger partial charge on any atom is 0.303 e. The van der Waals surface area contributed by atoms with E-state index in [-0.39, 0.29) is 12.2 Å². The molecule has 94 valence electrons. The normalized spacial score (nSPS) is 10.4. The van der Waals surface area contributed by atoms with Gasteiger partial charge in [0.2, 0.25) is 0 Å². The number of aryl methyl sites for hydroxylation is 1. The number of para-hydroxylation sites is 1. The number of benzene rings is 1. The zero-order valence-electron chi connectivity index (χ0n) is 9.67. The van der Waals surface area contributed by atoms with Gasteiger partial charge in [-0.2, -0.15) is 0 Å². The van der Waals surface area contributed by atoms with E-state index >= 15 is 0 Å². The van der Waals surface area contributed by atoms with Crippen LogP contribution in [0.3, 0.4) is 0 Å². The number of hydrogen-bond acceptors (Lipinski definition) is 4. The largest absolute Gasteiger partial charge is 0.507 e. The zero-order chi connectivity index (χ0) is 13.0. The molecule has 0 saturated carbocycles. The molecule has 5 nitrogen and oxygen atoms in total. The number of oxazole rings is 1. The number of carbonyl (C=O) groups is 1. The Morgan fingerprint density at radius 2 is 2.11 bits per heavy atom. The lowest BCUT2D eigenvalue weighted by Gasteiger charge is -1.98. The predicted molar refractivity (Wildman–Crippen MR) is 64.2 cm³/mol. The van der Waals surface area contributed by atoms with Gasteiger partial charge in [-0.1, -0.05) is 12.1 Å². The average molecular weight is 247 g/mol. The number of phenols is 1. The van der Waals surface area contributed by atoms with Gasteiger partial charge in [-0.15, -0.1) is 0 Å². The van der Waals surface area contributed by atoms with Crippen molar-refractivity contribution in [1.29, 1.82) is 0 Å². The van der Waals surface area contributed by atoms with Crippen LogP contribution in [0.4, 0.5) is 0 Å². The first kappa shape index (κ1) is 12.2. The molecule has 0 atom stereocenters. The molecule has 0 aliphatic rings. The molecule has 0 spiro atoms. The van der Waals surface area contributed by atoms with E-state index in [1.165, 1.54) is 6.26 Å².